The number of amides is 1. The van der Waals surface area contributed by atoms with Gasteiger partial charge in [0.05, 0.1) is 12.2 Å². The first-order valence-electron chi connectivity index (χ1n) is 14.0. The second-order valence-corrected chi connectivity index (χ2v) is 11.5. The zero-order valence-corrected chi connectivity index (χ0v) is 23.4. The average Bonchev–Trinajstić information content (AvgIpc) is 3.26. The van der Waals surface area contributed by atoms with Crippen molar-refractivity contribution in [1.82, 2.24) is 4.90 Å². The fraction of sp³-hybridized carbons (Fsp3) is 0.294. The molecule has 3 atom stereocenters. The van der Waals surface area contributed by atoms with E-state index in [1.54, 1.807) is 19.1 Å². The summed E-state index contributed by atoms with van der Waals surface area (Å²) < 4.78 is 11.3. The minimum atomic E-state index is -0.324. The molecule has 204 valence electrons. The van der Waals surface area contributed by atoms with Crippen molar-refractivity contribution >= 4 is 34.4 Å². The molecular formula is C34H33NO4S. The minimum Gasteiger partial charge on any atom is -0.490 e. The van der Waals surface area contributed by atoms with Gasteiger partial charge in [-0.3, -0.25) is 4.79 Å². The Labute approximate surface area is 239 Å². The van der Waals surface area contributed by atoms with Crippen LogP contribution >= 0.6 is 11.8 Å². The third-order valence-corrected chi connectivity index (χ3v) is 9.08. The molecule has 0 radical (unpaired) electrons. The lowest BCUT2D eigenvalue weighted by molar-refractivity contribution is 0.0359. The molecule has 6 heteroatoms. The number of esters is 1. The minimum absolute atomic E-state index is 0.0588. The highest BCUT2D eigenvalue weighted by atomic mass is 32.2. The second-order valence-electron chi connectivity index (χ2n) is 10.5. The largest absolute Gasteiger partial charge is 0.490 e. The molecule has 2 aliphatic rings. The fourth-order valence-corrected chi connectivity index (χ4v) is 7.04. The number of rotatable bonds is 8. The summed E-state index contributed by atoms with van der Waals surface area (Å²) in [6, 6.07) is 30.5. The number of benzene rings is 4. The third kappa shape index (κ3) is 5.59. The lowest BCUT2D eigenvalue weighted by Gasteiger charge is -2.39. The van der Waals surface area contributed by atoms with Gasteiger partial charge in [0.1, 0.15) is 11.9 Å². The topological polar surface area (TPSA) is 55.8 Å². The first kappa shape index (κ1) is 26.5. The molecule has 2 fully saturated rings. The van der Waals surface area contributed by atoms with Crippen LogP contribution in [0.15, 0.2) is 95.9 Å². The van der Waals surface area contributed by atoms with Crippen LogP contribution in [0.25, 0.3) is 10.8 Å². The van der Waals surface area contributed by atoms with Gasteiger partial charge in [-0.1, -0.05) is 48.5 Å². The molecule has 0 aromatic heterocycles. The van der Waals surface area contributed by atoms with Crippen LogP contribution in [-0.2, 0) is 10.5 Å². The molecular weight excluding hydrogens is 518 g/mol. The smallest absolute Gasteiger partial charge is 0.338 e. The molecule has 2 heterocycles. The third-order valence-electron chi connectivity index (χ3n) is 7.94. The number of hydrogen-bond donors (Lipinski definition) is 0. The summed E-state index contributed by atoms with van der Waals surface area (Å²) in [6.45, 7) is 2.15. The predicted molar refractivity (Wildman–Crippen MR) is 159 cm³/mol. The summed E-state index contributed by atoms with van der Waals surface area (Å²) in [4.78, 5) is 28.8. The van der Waals surface area contributed by atoms with E-state index in [-0.39, 0.29) is 30.1 Å². The van der Waals surface area contributed by atoms with Gasteiger partial charge in [0.2, 0.25) is 0 Å². The van der Waals surface area contributed by atoms with Gasteiger partial charge in [0, 0.05) is 41.1 Å². The number of fused-ring (bicyclic) bond motifs is 3. The van der Waals surface area contributed by atoms with Crippen molar-refractivity contribution in [2.24, 2.45) is 0 Å². The number of piperidine rings is 1. The summed E-state index contributed by atoms with van der Waals surface area (Å²) in [7, 11) is 0. The van der Waals surface area contributed by atoms with Crippen LogP contribution in [-0.4, -0.2) is 41.6 Å². The second kappa shape index (κ2) is 11.8. The van der Waals surface area contributed by atoms with Crippen molar-refractivity contribution in [3.05, 3.63) is 108 Å². The van der Waals surface area contributed by atoms with Gasteiger partial charge in [0.25, 0.3) is 5.91 Å². The van der Waals surface area contributed by atoms with Gasteiger partial charge in [0.15, 0.2) is 0 Å². The summed E-state index contributed by atoms with van der Waals surface area (Å²) >= 11 is 1.83. The first-order chi connectivity index (χ1) is 19.6. The Kier molecular flexibility index (Phi) is 7.78. The van der Waals surface area contributed by atoms with E-state index >= 15 is 0 Å². The normalized spacial score (nSPS) is 19.9. The van der Waals surface area contributed by atoms with E-state index < -0.39 is 0 Å². The Morgan fingerprint density at radius 3 is 2.23 bits per heavy atom. The number of ether oxygens (including phenoxy) is 2. The highest BCUT2D eigenvalue weighted by Gasteiger charge is 2.44. The van der Waals surface area contributed by atoms with Crippen LogP contribution in [0.4, 0.5) is 0 Å². The van der Waals surface area contributed by atoms with Gasteiger partial charge in [-0.2, -0.15) is 0 Å². The maximum absolute atomic E-state index is 13.6. The molecule has 5 nitrogen and oxygen atoms in total. The predicted octanol–water partition coefficient (Wildman–Crippen LogP) is 7.52. The Bertz CT molecular complexity index is 1480. The van der Waals surface area contributed by atoms with E-state index in [0.717, 1.165) is 42.7 Å². The maximum Gasteiger partial charge on any atom is 0.338 e. The van der Waals surface area contributed by atoms with Crippen molar-refractivity contribution < 1.29 is 19.1 Å². The number of carbonyl (C=O) groups excluding carboxylic acids is 2. The molecule has 40 heavy (non-hydrogen) atoms. The number of nitrogens with zero attached hydrogens (tertiary/aromatic N) is 1. The zero-order valence-electron chi connectivity index (χ0n) is 22.6. The molecule has 1 unspecified atom stereocenters. The van der Waals surface area contributed by atoms with E-state index in [1.165, 1.54) is 21.2 Å². The summed E-state index contributed by atoms with van der Waals surface area (Å²) in [5.74, 6) is 1.40. The highest BCUT2D eigenvalue weighted by molar-refractivity contribution is 7.98. The Morgan fingerprint density at radius 1 is 0.825 bits per heavy atom. The molecule has 4 aromatic rings. The maximum atomic E-state index is 13.6. The molecule has 4 aromatic carbocycles. The van der Waals surface area contributed by atoms with Gasteiger partial charge in [-0.15, -0.1) is 11.8 Å². The van der Waals surface area contributed by atoms with Crippen LogP contribution in [0.1, 0.15) is 58.9 Å². The fourth-order valence-electron chi connectivity index (χ4n) is 6.01. The molecule has 0 aliphatic carbocycles. The summed E-state index contributed by atoms with van der Waals surface area (Å²) in [5.41, 5.74) is 2.48. The molecule has 2 bridgehead atoms. The van der Waals surface area contributed by atoms with Crippen molar-refractivity contribution in [2.75, 3.05) is 6.61 Å². The number of hydrogen-bond acceptors (Lipinski definition) is 5. The van der Waals surface area contributed by atoms with Crippen molar-refractivity contribution in [1.29, 1.82) is 0 Å². The number of thioether (sulfide) groups is 1. The molecule has 2 aliphatic heterocycles. The standard InChI is InChI=1S/C34H33NO4S/c1-2-38-34(37)26-14-18-29(19-15-26)39-30-20-27-16-17-28(21-30)35(27)33(36)25-12-10-23(11-13-25)22-40-32-9-5-7-24-6-3-4-8-31(24)32/h3-15,18-19,27-28,30H,2,16-17,20-22H2,1H3/t27-,28+,30?. The lowest BCUT2D eigenvalue weighted by Crippen LogP contribution is -2.49. The van der Waals surface area contributed by atoms with E-state index in [0.29, 0.717) is 12.2 Å². The van der Waals surface area contributed by atoms with E-state index in [9.17, 15) is 9.59 Å². The zero-order chi connectivity index (χ0) is 27.5. The Balaban J connectivity index is 1.06. The average molecular weight is 552 g/mol. The molecule has 1 amide bonds. The van der Waals surface area contributed by atoms with Crippen LogP contribution in [0, 0.1) is 0 Å². The van der Waals surface area contributed by atoms with Gasteiger partial charge >= 0.3 is 5.97 Å². The van der Waals surface area contributed by atoms with Crippen molar-refractivity contribution in [3.8, 4) is 5.75 Å². The van der Waals surface area contributed by atoms with Crippen LogP contribution in [0.2, 0.25) is 0 Å². The summed E-state index contributed by atoms with van der Waals surface area (Å²) in [6.07, 6.45) is 3.72. The van der Waals surface area contributed by atoms with Crippen LogP contribution < -0.4 is 4.74 Å². The van der Waals surface area contributed by atoms with Gasteiger partial charge in [-0.25, -0.2) is 4.79 Å². The number of carbonyl (C=O) groups is 2. The van der Waals surface area contributed by atoms with Crippen molar-refractivity contribution in [3.63, 3.8) is 0 Å². The Morgan fingerprint density at radius 2 is 1.50 bits per heavy atom. The molecule has 2 saturated heterocycles. The van der Waals surface area contributed by atoms with E-state index in [1.807, 2.05) is 36.0 Å². The quantitative estimate of drug-likeness (QED) is 0.167. The van der Waals surface area contributed by atoms with Gasteiger partial charge in [-0.05, 0) is 78.6 Å². The Hall–Kier alpha value is -3.77. The van der Waals surface area contributed by atoms with Crippen molar-refractivity contribution in [2.45, 2.75) is 61.4 Å². The lowest BCUT2D eigenvalue weighted by atomic mass is 9.98. The SMILES string of the molecule is CCOC(=O)c1ccc(OC2C[C@H]3CC[C@@H](C2)N3C(=O)c2ccc(CSc3cccc4ccccc34)cc2)cc1. The molecule has 0 N–H and O–H groups in total. The molecule has 0 spiro atoms. The highest BCUT2D eigenvalue weighted by Crippen LogP contribution is 2.38. The monoisotopic (exact) mass is 551 g/mol. The molecule has 0 saturated carbocycles. The van der Waals surface area contributed by atoms with Crippen LogP contribution in [0.3, 0.4) is 0 Å². The van der Waals surface area contributed by atoms with E-state index in [2.05, 4.69) is 59.5 Å². The summed E-state index contributed by atoms with van der Waals surface area (Å²) in [5, 5.41) is 2.53. The first-order valence-corrected chi connectivity index (χ1v) is 15.0. The molecule has 6 rings (SSSR count). The van der Waals surface area contributed by atoms with E-state index in [4.69, 9.17) is 9.47 Å². The van der Waals surface area contributed by atoms with Crippen LogP contribution in [0.5, 0.6) is 5.75 Å². The van der Waals surface area contributed by atoms with Gasteiger partial charge < -0.3 is 14.4 Å².